The second-order valence-corrected chi connectivity index (χ2v) is 17.4. The predicted octanol–water partition coefficient (Wildman–Crippen LogP) is 11.1. The van der Waals surface area contributed by atoms with Crippen LogP contribution in [-0.4, -0.2) is 29.9 Å². The highest BCUT2D eigenvalue weighted by molar-refractivity contribution is 14.1. The van der Waals surface area contributed by atoms with Gasteiger partial charge in [0.15, 0.2) is 17.5 Å². The molecule has 0 bridgehead atoms. The lowest BCUT2D eigenvalue weighted by atomic mass is 10.1. The van der Waals surface area contributed by atoms with Gasteiger partial charge >= 0.3 is 0 Å². The van der Waals surface area contributed by atoms with Gasteiger partial charge in [0.25, 0.3) is 17.6 Å². The summed E-state index contributed by atoms with van der Waals surface area (Å²) in [7, 11) is 0. The maximum atomic E-state index is 13.3. The van der Waals surface area contributed by atoms with Crippen molar-refractivity contribution in [3.05, 3.63) is 132 Å². The largest absolute Gasteiger partial charge is 0.467 e. The van der Waals surface area contributed by atoms with Crippen LogP contribution in [-0.2, 0) is 0 Å². The van der Waals surface area contributed by atoms with Crippen LogP contribution < -0.4 is 31.4 Å². The van der Waals surface area contributed by atoms with Crippen molar-refractivity contribution >= 4 is 133 Å². The van der Waals surface area contributed by atoms with Crippen LogP contribution in [0.25, 0.3) is 0 Å². The Balaban J connectivity index is 0.000000189. The van der Waals surface area contributed by atoms with Crippen LogP contribution in [0.3, 0.4) is 0 Å². The third-order valence-electron chi connectivity index (χ3n) is 7.27. The average molecular weight is 1310 g/mol. The van der Waals surface area contributed by atoms with E-state index in [9.17, 15) is 13.2 Å². The van der Waals surface area contributed by atoms with E-state index in [1.54, 1.807) is 39.0 Å². The number of halogens is 9. The molecule has 0 saturated carbocycles. The number of hydrogen-bond acceptors (Lipinski definition) is 12. The van der Waals surface area contributed by atoms with E-state index >= 15 is 0 Å². The van der Waals surface area contributed by atoms with Gasteiger partial charge in [-0.05, 0) is 191 Å². The van der Waals surface area contributed by atoms with Crippen molar-refractivity contribution < 1.29 is 27.4 Å². The summed E-state index contributed by atoms with van der Waals surface area (Å²) in [5.41, 5.74) is 19.3. The molecule has 21 heteroatoms. The van der Waals surface area contributed by atoms with Gasteiger partial charge in [0.2, 0.25) is 0 Å². The van der Waals surface area contributed by atoms with Gasteiger partial charge in [0.1, 0.15) is 49.6 Å². The molecule has 3 aromatic heterocycles. The summed E-state index contributed by atoms with van der Waals surface area (Å²) in [6.45, 7) is 5.41. The Labute approximate surface area is 391 Å². The predicted molar refractivity (Wildman–Crippen MR) is 247 cm³/mol. The van der Waals surface area contributed by atoms with Gasteiger partial charge in [0.05, 0.1) is 18.6 Å². The molecule has 0 fully saturated rings. The lowest BCUT2D eigenvalue weighted by molar-refractivity contribution is 0.216. The SMILES string of the molecule is CC(Oc1nc(Br)cnc1N)c1cc(F)ccc1I.C[C@@H](Oc1nc(Br)cnc1N)c1cc(F)ccc1I.C[C@H](Oc1nc(Br)cnc1N)c1cc(F)ccc1I. The van der Waals surface area contributed by atoms with Crippen molar-refractivity contribution in [2.45, 2.75) is 39.1 Å². The van der Waals surface area contributed by atoms with E-state index in [0.29, 0.717) is 13.8 Å². The first-order valence-electron chi connectivity index (χ1n) is 16.1. The Hall–Kier alpha value is -2.88. The van der Waals surface area contributed by atoms with Gasteiger partial charge < -0.3 is 31.4 Å². The average Bonchev–Trinajstić information content (AvgIpc) is 3.16. The van der Waals surface area contributed by atoms with Crippen molar-refractivity contribution in [3.8, 4) is 17.6 Å². The third-order valence-corrected chi connectivity index (χ3v) is 11.4. The van der Waals surface area contributed by atoms with Gasteiger partial charge in [0, 0.05) is 27.4 Å². The van der Waals surface area contributed by atoms with Gasteiger partial charge in [-0.1, -0.05) is 0 Å². The summed E-state index contributed by atoms with van der Waals surface area (Å²) in [4.78, 5) is 24.1. The van der Waals surface area contributed by atoms with E-state index in [-0.39, 0.29) is 70.9 Å². The zero-order chi connectivity index (χ0) is 42.0. The second kappa shape index (κ2) is 21.9. The van der Waals surface area contributed by atoms with Gasteiger partial charge in [-0.3, -0.25) is 0 Å². The summed E-state index contributed by atoms with van der Waals surface area (Å²) in [5, 5.41) is 0. The number of anilines is 3. The molecule has 0 saturated heterocycles. The first kappa shape index (κ1) is 46.8. The maximum Gasteiger partial charge on any atom is 0.258 e. The zero-order valence-corrected chi connectivity index (χ0v) is 40.9. The molecule has 12 nitrogen and oxygen atoms in total. The van der Waals surface area contributed by atoms with Gasteiger partial charge in [-0.2, -0.15) is 0 Å². The molecule has 6 aromatic rings. The Bertz CT molecular complexity index is 2090. The highest BCUT2D eigenvalue weighted by Gasteiger charge is 2.18. The van der Waals surface area contributed by atoms with Crippen LogP contribution >= 0.6 is 116 Å². The number of aromatic nitrogens is 6. The maximum absolute atomic E-state index is 13.3. The number of nitrogens with two attached hydrogens (primary N) is 3. The van der Waals surface area contributed by atoms with Crippen molar-refractivity contribution in [2.24, 2.45) is 0 Å². The molecule has 0 amide bonds. The number of rotatable bonds is 9. The number of benzene rings is 3. The van der Waals surface area contributed by atoms with Crippen LogP contribution in [0.4, 0.5) is 30.6 Å². The molecule has 3 heterocycles. The molecular formula is C36H30Br3F3I3N9O3. The van der Waals surface area contributed by atoms with Crippen LogP contribution in [0.5, 0.6) is 17.6 Å². The molecular weight excluding hydrogens is 1280 g/mol. The van der Waals surface area contributed by atoms with Crippen molar-refractivity contribution in [1.29, 1.82) is 0 Å². The molecule has 3 aromatic carbocycles. The van der Waals surface area contributed by atoms with Crippen LogP contribution in [0.15, 0.2) is 87.0 Å². The Morgan fingerprint density at radius 3 is 0.982 bits per heavy atom. The lowest BCUT2D eigenvalue weighted by Gasteiger charge is -2.16. The molecule has 57 heavy (non-hydrogen) atoms. The molecule has 0 aliphatic rings. The smallest absolute Gasteiger partial charge is 0.258 e. The minimum Gasteiger partial charge on any atom is -0.467 e. The number of nitrogens with zero attached hydrogens (tertiary/aromatic N) is 6. The molecule has 6 N–H and O–H groups in total. The minimum atomic E-state index is -0.381. The van der Waals surface area contributed by atoms with Crippen LogP contribution in [0.1, 0.15) is 55.8 Å². The van der Waals surface area contributed by atoms with Gasteiger partial charge in [-0.15, -0.1) is 0 Å². The van der Waals surface area contributed by atoms with E-state index in [1.807, 2.05) is 0 Å². The molecule has 3 atom stereocenters. The summed E-state index contributed by atoms with van der Waals surface area (Å²) in [5.74, 6) is 0.340. The summed E-state index contributed by atoms with van der Waals surface area (Å²) < 4.78 is 61.1. The van der Waals surface area contributed by atoms with Crippen LogP contribution in [0, 0.1) is 28.2 Å². The number of nitrogen functional groups attached to an aromatic ring is 3. The summed E-state index contributed by atoms with van der Waals surface area (Å²) in [6.07, 6.45) is 3.31. The Morgan fingerprint density at radius 1 is 0.491 bits per heavy atom. The van der Waals surface area contributed by atoms with E-state index in [2.05, 4.69) is 145 Å². The topological polar surface area (TPSA) is 183 Å². The minimum absolute atomic E-state index is 0.196. The zero-order valence-electron chi connectivity index (χ0n) is 29.7. The van der Waals surface area contributed by atoms with Crippen molar-refractivity contribution in [1.82, 2.24) is 29.9 Å². The first-order valence-corrected chi connectivity index (χ1v) is 21.7. The van der Waals surface area contributed by atoms with Crippen molar-refractivity contribution in [3.63, 3.8) is 0 Å². The molecule has 0 spiro atoms. The number of hydrogen-bond donors (Lipinski definition) is 3. The quantitative estimate of drug-likeness (QED) is 0.117. The summed E-state index contributed by atoms with van der Waals surface area (Å²) in [6, 6.07) is 13.6. The summed E-state index contributed by atoms with van der Waals surface area (Å²) >= 11 is 16.0. The molecule has 0 radical (unpaired) electrons. The van der Waals surface area contributed by atoms with Crippen molar-refractivity contribution in [2.75, 3.05) is 17.2 Å². The fourth-order valence-electron chi connectivity index (χ4n) is 4.51. The van der Waals surface area contributed by atoms with E-state index < -0.39 is 0 Å². The lowest BCUT2D eigenvalue weighted by Crippen LogP contribution is -2.09. The molecule has 6 rings (SSSR count). The van der Waals surface area contributed by atoms with E-state index in [0.717, 1.165) is 27.4 Å². The fourth-order valence-corrected chi connectivity index (χ4v) is 7.63. The second-order valence-electron chi connectivity index (χ2n) is 11.4. The normalized spacial score (nSPS) is 12.2. The molecule has 0 aliphatic carbocycles. The van der Waals surface area contributed by atoms with E-state index in [4.69, 9.17) is 31.4 Å². The Kier molecular flexibility index (Phi) is 18.0. The molecule has 1 unspecified atom stereocenters. The van der Waals surface area contributed by atoms with Crippen LogP contribution in [0.2, 0.25) is 0 Å². The standard InChI is InChI=1S/3C12H10BrFIN3O/c3*1-6(8-4-7(14)2-3-9(8)15)19-12-11(16)17-5-10(13)18-12/h3*2-6H,1H3,(H2,16,17)/t2*6-;/m10./s1. The highest BCUT2D eigenvalue weighted by atomic mass is 127. The molecule has 300 valence electrons. The van der Waals surface area contributed by atoms with E-state index in [1.165, 1.54) is 55.0 Å². The third kappa shape index (κ3) is 14.1. The number of ether oxygens (including phenoxy) is 3. The molecule has 0 aliphatic heterocycles. The van der Waals surface area contributed by atoms with Gasteiger partial charge in [-0.25, -0.2) is 43.1 Å². The first-order chi connectivity index (χ1) is 26.9. The Morgan fingerprint density at radius 2 is 0.737 bits per heavy atom. The highest BCUT2D eigenvalue weighted by Crippen LogP contribution is 2.31. The monoisotopic (exact) mass is 1310 g/mol. The fraction of sp³-hybridized carbons (Fsp3) is 0.167.